The Morgan fingerprint density at radius 3 is 0.697 bits per heavy atom. The molecule has 0 saturated heterocycles. The molecule has 3 N–H and O–H groups in total. The molecular weight excluding hydrogens is 900 g/mol. The summed E-state index contributed by atoms with van der Waals surface area (Å²) in [4.78, 5) is 62.5. The molecule has 0 aromatic rings. The predicted molar refractivity (Wildman–Crippen MR) is 93.8 cm³/mol. The third-order valence-corrected chi connectivity index (χ3v) is 3.25. The van der Waals surface area contributed by atoms with Crippen LogP contribution in [-0.4, -0.2) is 106 Å². The predicted octanol–water partition coefficient (Wildman–Crippen LogP) is -1.39. The minimum atomic E-state index is -1.03. The van der Waals surface area contributed by atoms with E-state index in [0.717, 1.165) is 14.7 Å². The number of carboxylic acids is 3. The smallest absolute Gasteiger partial charge is 0.323 e. The molecule has 0 saturated carbocycles. The number of carboxylic acid groups (broad SMARTS) is 3. The Balaban J connectivity index is -0.0000000288. The zero-order valence-electron chi connectivity index (χ0n) is 19.3. The molecule has 18 heteroatoms. The minimum absolute atomic E-state index is 0. The van der Waals surface area contributed by atoms with Gasteiger partial charge in [0.15, 0.2) is 0 Å². The number of amides is 3. The Bertz CT molecular complexity index is 471. The van der Waals surface area contributed by atoms with Crippen LogP contribution in [0.5, 0.6) is 0 Å². The van der Waals surface area contributed by atoms with Gasteiger partial charge in [-0.3, -0.25) is 14.4 Å². The molecule has 0 fully saturated rings. The molecule has 3 atom stereocenters. The number of nitrogens with zero attached hydrogens (tertiary/aromatic N) is 3. The Hall–Kier alpha value is 3.44. The summed E-state index contributed by atoms with van der Waals surface area (Å²) in [7, 11) is 4.10. The van der Waals surface area contributed by atoms with Crippen LogP contribution in [0.1, 0.15) is 22.2 Å². The number of aliphatic carboxylic acids is 3. The molecular formula is C15H26N3O9Y6-3. The van der Waals surface area contributed by atoms with E-state index in [2.05, 4.69) is 0 Å². The summed E-state index contributed by atoms with van der Waals surface area (Å²) in [5.41, 5.74) is 0. The monoisotopic (exact) mass is 927 g/mol. The van der Waals surface area contributed by atoms with Crippen molar-refractivity contribution in [1.29, 1.82) is 0 Å². The Labute approximate surface area is 346 Å². The molecule has 0 heterocycles. The topological polar surface area (TPSA) is 173 Å². The van der Waals surface area contributed by atoms with Gasteiger partial charge in [0.05, 0.1) is 18.1 Å². The summed E-state index contributed by atoms with van der Waals surface area (Å²) in [5, 5.41) is 24.8. The minimum Gasteiger partial charge on any atom is -0.520 e. The first-order valence-electron chi connectivity index (χ1n) is 7.28. The third-order valence-electron chi connectivity index (χ3n) is 3.25. The maximum atomic E-state index is 10.1. The number of hydrogen-bond acceptors (Lipinski definition) is 6. The maximum Gasteiger partial charge on any atom is 0.323 e. The molecule has 3 amide bonds. The van der Waals surface area contributed by atoms with Gasteiger partial charge in [-0.05, 0) is 41.9 Å². The van der Waals surface area contributed by atoms with E-state index in [-0.39, 0.29) is 198 Å². The van der Waals surface area contributed by atoms with Crippen molar-refractivity contribution in [2.75, 3.05) is 21.1 Å². The second-order valence-electron chi connectivity index (χ2n) is 5.15. The van der Waals surface area contributed by atoms with Crippen molar-refractivity contribution >= 4 is 37.1 Å². The normalized spacial score (nSPS) is 10.0. The van der Waals surface area contributed by atoms with Crippen molar-refractivity contribution in [3.05, 3.63) is 0 Å². The van der Waals surface area contributed by atoms with Gasteiger partial charge in [0, 0.05) is 198 Å². The first-order valence-corrected chi connectivity index (χ1v) is 7.28. The summed E-state index contributed by atoms with van der Waals surface area (Å²) in [6.45, 7) is 4.23. The van der Waals surface area contributed by atoms with Gasteiger partial charge in [-0.25, -0.2) is 0 Å². The van der Waals surface area contributed by atoms with Crippen LogP contribution in [0, 0.1) is 0 Å². The van der Waals surface area contributed by atoms with E-state index in [0.29, 0.717) is 0 Å². The van der Waals surface area contributed by atoms with Crippen molar-refractivity contribution < 1.29 is 242 Å². The van der Waals surface area contributed by atoms with Crippen molar-refractivity contribution in [3.8, 4) is 0 Å². The molecule has 0 aliphatic heterocycles. The molecule has 0 spiro atoms. The van der Waals surface area contributed by atoms with Crippen LogP contribution in [0.15, 0.2) is 0 Å². The van der Waals surface area contributed by atoms with E-state index in [4.69, 9.17) is 15.3 Å². The van der Waals surface area contributed by atoms with Crippen molar-refractivity contribution in [2.24, 2.45) is 0 Å². The first-order chi connectivity index (χ1) is 12.3. The second-order valence-corrected chi connectivity index (χ2v) is 5.15. The van der Waals surface area contributed by atoms with E-state index < -0.39 is 36.0 Å². The molecule has 1 unspecified atom stereocenters. The second kappa shape index (κ2) is 37.6. The van der Waals surface area contributed by atoms with Crippen LogP contribution in [0.25, 0.3) is 0 Å². The third kappa shape index (κ3) is 35.4. The van der Waals surface area contributed by atoms with Gasteiger partial charge in [0.1, 0.15) is 0 Å². The van der Waals surface area contributed by atoms with Crippen LogP contribution < -0.4 is 0 Å². The first kappa shape index (κ1) is 60.8. The number of carbonyl (C=O) groups excluding carboxylic acids is 3. The maximum absolute atomic E-state index is 10.1. The fraction of sp³-hybridized carbons (Fsp3) is 0.600. The Morgan fingerprint density at radius 2 is 0.667 bits per heavy atom. The van der Waals surface area contributed by atoms with Gasteiger partial charge < -0.3 is 44.4 Å². The fourth-order valence-electron chi connectivity index (χ4n) is 0.734. The average Bonchev–Trinajstić information content (AvgIpc) is 2.64. The van der Waals surface area contributed by atoms with E-state index in [1.165, 1.54) is 61.1 Å². The van der Waals surface area contributed by atoms with Crippen molar-refractivity contribution in [3.63, 3.8) is 0 Å². The SMILES string of the molecule is CC(C(=O)O)N(C)[C-]=O.C[C@@H](C(=O)O)N(C)[C-]=O.C[C@H](C(=O)O)N(C)[C-]=O.[2HH].[Y].[Y].[Y].[Y].[Y].[Y]. The van der Waals surface area contributed by atoms with E-state index in [1.54, 1.807) is 0 Å². The number of hydrogen-bond donors (Lipinski definition) is 3. The summed E-state index contributed by atoms with van der Waals surface area (Å²) < 4.78 is 0. The van der Waals surface area contributed by atoms with E-state index >= 15 is 0 Å². The van der Waals surface area contributed by atoms with Gasteiger partial charge in [0.25, 0.3) is 0 Å². The van der Waals surface area contributed by atoms with Crippen molar-refractivity contribution in [2.45, 2.75) is 38.9 Å². The average molecular weight is 927 g/mol. The molecule has 6 radical (unpaired) electrons. The van der Waals surface area contributed by atoms with Crippen LogP contribution in [-0.2, 0) is 225 Å². The van der Waals surface area contributed by atoms with Crippen molar-refractivity contribution in [1.82, 2.24) is 14.7 Å². The zero-order chi connectivity index (χ0) is 22.3. The quantitative estimate of drug-likeness (QED) is 0.186. The Morgan fingerprint density at radius 1 is 0.545 bits per heavy atom. The van der Waals surface area contributed by atoms with Crippen LogP contribution in [0.4, 0.5) is 0 Å². The van der Waals surface area contributed by atoms with E-state index in [9.17, 15) is 28.8 Å². The summed E-state index contributed by atoms with van der Waals surface area (Å²) >= 11 is 0. The number of carbonyl (C=O) groups is 3. The standard InChI is InChI=1S/3C5H8NO3.6Y.H2/c3*1-4(5(8)9)6(2)3-7;;;;;;;/h3*4H,1-2H3,(H,8,9);;;;;;;1H/q3*-1;;;;;;;/t2*4-;;;;;;;;/m10......../s1/i;;;;;;;;;1+1. The molecule has 0 bridgehead atoms. The largest absolute Gasteiger partial charge is 0.520 e. The molecule has 0 rings (SSSR count). The molecule has 0 aliphatic rings. The molecule has 12 nitrogen and oxygen atoms in total. The number of rotatable bonds is 9. The molecule has 176 valence electrons. The van der Waals surface area contributed by atoms with Gasteiger partial charge in [-0.2, -0.15) is 19.2 Å². The molecule has 33 heavy (non-hydrogen) atoms. The molecule has 0 aromatic carbocycles. The molecule has 0 aromatic heterocycles. The van der Waals surface area contributed by atoms with Crippen LogP contribution in [0.3, 0.4) is 0 Å². The fourth-order valence-corrected chi connectivity index (χ4v) is 0.734. The van der Waals surface area contributed by atoms with Gasteiger partial charge in [0.2, 0.25) is 0 Å². The van der Waals surface area contributed by atoms with Gasteiger partial charge in [-0.1, -0.05) is 0 Å². The van der Waals surface area contributed by atoms with Gasteiger partial charge >= 0.3 is 17.9 Å². The molecule has 0 aliphatic carbocycles. The summed E-state index contributed by atoms with van der Waals surface area (Å²) in [6.07, 6.45) is 4.35. The number of likely N-dealkylation sites (N-methyl/N-ethyl adjacent to an activating group) is 3. The zero-order valence-corrected chi connectivity index (χ0v) is 36.4. The van der Waals surface area contributed by atoms with Crippen LogP contribution in [0.2, 0.25) is 0 Å². The van der Waals surface area contributed by atoms with Gasteiger partial charge in [-0.15, -0.1) is 0 Å². The summed E-state index contributed by atoms with van der Waals surface area (Å²) in [6, 6.07) is -2.37. The van der Waals surface area contributed by atoms with Crippen LogP contribution >= 0.6 is 0 Å². The van der Waals surface area contributed by atoms with E-state index in [1.807, 2.05) is 0 Å². The summed E-state index contributed by atoms with van der Waals surface area (Å²) in [5.74, 6) is -3.08. The Kier molecular flexibility index (Phi) is 69.3.